The summed E-state index contributed by atoms with van der Waals surface area (Å²) in [5.41, 5.74) is 2.27. The van der Waals surface area contributed by atoms with Gasteiger partial charge < -0.3 is 19.7 Å². The Morgan fingerprint density at radius 1 is 0.905 bits per heavy atom. The maximum Gasteiger partial charge on any atom is 0.264 e. The minimum absolute atomic E-state index is 0.0612. The van der Waals surface area contributed by atoms with Gasteiger partial charge in [-0.1, -0.05) is 55.0 Å². The van der Waals surface area contributed by atoms with E-state index >= 15 is 0 Å². The van der Waals surface area contributed by atoms with Crippen LogP contribution in [0, 0.1) is 6.92 Å². The Hall–Kier alpha value is -4.05. The number of nitrogens with one attached hydrogen (secondary N) is 1. The minimum atomic E-state index is -4.24. The van der Waals surface area contributed by atoms with E-state index in [0.717, 1.165) is 15.4 Å². The van der Waals surface area contributed by atoms with Gasteiger partial charge in [0, 0.05) is 18.7 Å². The Kier molecular flexibility index (Phi) is 11.4. The summed E-state index contributed by atoms with van der Waals surface area (Å²) in [5.74, 6) is -0.141. The van der Waals surface area contributed by atoms with Crippen molar-refractivity contribution in [3.8, 4) is 11.5 Å². The Bertz CT molecular complexity index is 1440. The van der Waals surface area contributed by atoms with Gasteiger partial charge in [-0.15, -0.1) is 0 Å². The van der Waals surface area contributed by atoms with Crippen molar-refractivity contribution in [2.24, 2.45) is 0 Å². The third-order valence-electron chi connectivity index (χ3n) is 6.84. The largest absolute Gasteiger partial charge is 0.493 e. The number of nitrogens with zero attached hydrogens (tertiary/aromatic N) is 2. The van der Waals surface area contributed by atoms with Crippen LogP contribution in [-0.2, 0) is 26.0 Å². The zero-order valence-electron chi connectivity index (χ0n) is 25.2. The van der Waals surface area contributed by atoms with Crippen LogP contribution in [0.15, 0.2) is 77.7 Å². The summed E-state index contributed by atoms with van der Waals surface area (Å²) in [6.07, 6.45) is 0.872. The molecule has 0 bridgehead atoms. The van der Waals surface area contributed by atoms with E-state index in [1.165, 1.54) is 37.3 Å². The number of carbonyl (C=O) groups is 2. The van der Waals surface area contributed by atoms with Crippen LogP contribution < -0.4 is 19.1 Å². The molecule has 0 heterocycles. The topological polar surface area (TPSA) is 105 Å². The first kappa shape index (κ1) is 32.5. The number of methoxy groups -OCH3 is 2. The van der Waals surface area contributed by atoms with Crippen molar-refractivity contribution in [1.29, 1.82) is 0 Å². The molecule has 1 atom stereocenters. The average Bonchev–Trinajstić information content (AvgIpc) is 2.98. The van der Waals surface area contributed by atoms with E-state index in [1.807, 2.05) is 58.0 Å². The Labute approximate surface area is 249 Å². The van der Waals surface area contributed by atoms with Crippen LogP contribution in [0.4, 0.5) is 5.69 Å². The van der Waals surface area contributed by atoms with Gasteiger partial charge in [-0.2, -0.15) is 0 Å². The van der Waals surface area contributed by atoms with Gasteiger partial charge in [-0.25, -0.2) is 8.42 Å². The summed E-state index contributed by atoms with van der Waals surface area (Å²) in [6.45, 7) is 7.19. The maximum absolute atomic E-state index is 14.1. The van der Waals surface area contributed by atoms with Crippen molar-refractivity contribution in [1.82, 2.24) is 10.2 Å². The molecular formula is C32H41N3O6S. The predicted octanol–water partition coefficient (Wildman–Crippen LogP) is 4.58. The number of amides is 2. The maximum atomic E-state index is 14.1. The quantitative estimate of drug-likeness (QED) is 0.293. The van der Waals surface area contributed by atoms with Crippen LogP contribution in [0.25, 0.3) is 0 Å². The summed E-state index contributed by atoms with van der Waals surface area (Å²) in [7, 11) is -1.35. The fourth-order valence-electron chi connectivity index (χ4n) is 4.62. The molecule has 0 saturated heterocycles. The van der Waals surface area contributed by atoms with Crippen molar-refractivity contribution in [2.45, 2.75) is 57.5 Å². The third kappa shape index (κ3) is 8.03. The molecule has 0 aliphatic carbocycles. The molecule has 0 aliphatic rings. The normalized spacial score (nSPS) is 12.0. The van der Waals surface area contributed by atoms with Crippen molar-refractivity contribution in [2.75, 3.05) is 31.6 Å². The first-order valence-corrected chi connectivity index (χ1v) is 15.4. The first-order valence-electron chi connectivity index (χ1n) is 14.0. The van der Waals surface area contributed by atoms with Crippen molar-refractivity contribution in [3.63, 3.8) is 0 Å². The molecule has 2 amide bonds. The van der Waals surface area contributed by atoms with E-state index in [9.17, 15) is 18.0 Å². The van der Waals surface area contributed by atoms with Gasteiger partial charge in [0.05, 0.1) is 24.8 Å². The lowest BCUT2D eigenvalue weighted by Crippen LogP contribution is -2.54. The number of sulfonamides is 1. The van der Waals surface area contributed by atoms with Gasteiger partial charge in [0.1, 0.15) is 12.6 Å². The molecular weight excluding hydrogens is 554 g/mol. The van der Waals surface area contributed by atoms with Gasteiger partial charge >= 0.3 is 0 Å². The number of hydrogen-bond acceptors (Lipinski definition) is 6. The van der Waals surface area contributed by atoms with Crippen molar-refractivity contribution < 1.29 is 27.5 Å². The van der Waals surface area contributed by atoms with Crippen molar-refractivity contribution >= 4 is 27.5 Å². The van der Waals surface area contributed by atoms with E-state index < -0.39 is 28.5 Å². The van der Waals surface area contributed by atoms with Crippen LogP contribution in [0.2, 0.25) is 0 Å². The Morgan fingerprint density at radius 3 is 2.12 bits per heavy atom. The number of benzene rings is 3. The molecule has 0 spiro atoms. The molecule has 3 aromatic rings. The molecule has 226 valence electrons. The zero-order chi connectivity index (χ0) is 30.9. The molecule has 0 aliphatic heterocycles. The fraction of sp³-hybridized carbons (Fsp3) is 0.375. The Balaban J connectivity index is 2.05. The SMILES string of the molecule is CC[C@@H](C(=O)NC(C)C)N(CCc1ccccc1)C(=O)CN(c1ccc(C)cc1)S(=O)(=O)c1ccc(OC)c(OC)c1. The lowest BCUT2D eigenvalue weighted by atomic mass is 10.1. The number of aryl methyl sites for hydroxylation is 1. The van der Waals surface area contributed by atoms with Gasteiger partial charge in [-0.05, 0) is 63.4 Å². The second kappa shape index (κ2) is 14.7. The van der Waals surface area contributed by atoms with Crippen LogP contribution in [-0.4, -0.2) is 64.5 Å². The first-order chi connectivity index (χ1) is 20.0. The monoisotopic (exact) mass is 595 g/mol. The summed E-state index contributed by atoms with van der Waals surface area (Å²) in [4.78, 5) is 28.8. The van der Waals surface area contributed by atoms with Gasteiger partial charge in [0.25, 0.3) is 10.0 Å². The van der Waals surface area contributed by atoms with E-state index in [1.54, 1.807) is 24.3 Å². The summed E-state index contributed by atoms with van der Waals surface area (Å²) >= 11 is 0. The van der Waals surface area contributed by atoms with E-state index in [4.69, 9.17) is 9.47 Å². The predicted molar refractivity (Wildman–Crippen MR) is 164 cm³/mol. The lowest BCUT2D eigenvalue weighted by Gasteiger charge is -2.33. The highest BCUT2D eigenvalue weighted by molar-refractivity contribution is 7.92. The smallest absolute Gasteiger partial charge is 0.264 e. The highest BCUT2D eigenvalue weighted by Gasteiger charge is 2.34. The lowest BCUT2D eigenvalue weighted by molar-refractivity contribution is -0.139. The van der Waals surface area contributed by atoms with Crippen LogP contribution in [0.5, 0.6) is 11.5 Å². The van der Waals surface area contributed by atoms with E-state index in [2.05, 4.69) is 5.32 Å². The van der Waals surface area contributed by atoms with E-state index in [-0.39, 0.29) is 29.1 Å². The molecule has 9 nitrogen and oxygen atoms in total. The third-order valence-corrected chi connectivity index (χ3v) is 8.61. The molecule has 0 saturated carbocycles. The van der Waals surface area contributed by atoms with Gasteiger partial charge in [-0.3, -0.25) is 13.9 Å². The molecule has 3 aromatic carbocycles. The number of rotatable bonds is 14. The molecule has 0 unspecified atom stereocenters. The summed E-state index contributed by atoms with van der Waals surface area (Å²) in [6, 6.07) is 20.0. The molecule has 10 heteroatoms. The van der Waals surface area contributed by atoms with Gasteiger partial charge in [0.15, 0.2) is 11.5 Å². The Morgan fingerprint density at radius 2 is 1.55 bits per heavy atom. The van der Waals surface area contributed by atoms with Crippen molar-refractivity contribution in [3.05, 3.63) is 83.9 Å². The number of hydrogen-bond donors (Lipinski definition) is 1. The second-order valence-corrected chi connectivity index (χ2v) is 12.1. The minimum Gasteiger partial charge on any atom is -0.493 e. The zero-order valence-corrected chi connectivity index (χ0v) is 26.0. The summed E-state index contributed by atoms with van der Waals surface area (Å²) < 4.78 is 39.9. The van der Waals surface area contributed by atoms with Crippen LogP contribution in [0.1, 0.15) is 38.3 Å². The number of anilines is 1. The average molecular weight is 596 g/mol. The highest BCUT2D eigenvalue weighted by atomic mass is 32.2. The van der Waals surface area contributed by atoms with Gasteiger partial charge in [0.2, 0.25) is 11.8 Å². The fourth-order valence-corrected chi connectivity index (χ4v) is 6.05. The molecule has 0 radical (unpaired) electrons. The summed E-state index contributed by atoms with van der Waals surface area (Å²) in [5, 5.41) is 2.91. The van der Waals surface area contributed by atoms with E-state index in [0.29, 0.717) is 24.3 Å². The number of carbonyl (C=O) groups excluding carboxylic acids is 2. The highest BCUT2D eigenvalue weighted by Crippen LogP contribution is 2.32. The molecule has 42 heavy (non-hydrogen) atoms. The molecule has 0 fully saturated rings. The molecule has 0 aromatic heterocycles. The number of ether oxygens (including phenoxy) is 2. The molecule has 1 N–H and O–H groups in total. The van der Waals surface area contributed by atoms with Crippen LogP contribution in [0.3, 0.4) is 0 Å². The standard InChI is InChI=1S/C32H41N3O6S/c1-7-28(32(37)33-23(2)3)34(20-19-25-11-9-8-10-12-25)31(36)22-35(26-15-13-24(4)14-16-26)42(38,39)27-17-18-29(40-5)30(21-27)41-6/h8-18,21,23,28H,7,19-20,22H2,1-6H3,(H,33,37)/t28-/m0/s1. The second-order valence-electron chi connectivity index (χ2n) is 10.3. The molecule has 3 rings (SSSR count). The van der Waals surface area contributed by atoms with Crippen LogP contribution >= 0.6 is 0 Å².